The van der Waals surface area contributed by atoms with E-state index in [2.05, 4.69) is 4.99 Å². The highest BCUT2D eigenvalue weighted by molar-refractivity contribution is 8.18. The lowest BCUT2D eigenvalue weighted by molar-refractivity contribution is -0.113. The topological polar surface area (TPSA) is 73.9 Å². The number of carbonyl (C=O) groups is 1. The van der Waals surface area contributed by atoms with Gasteiger partial charge < -0.3 is 15.2 Å². The predicted molar refractivity (Wildman–Crippen MR) is 101 cm³/mol. The van der Waals surface area contributed by atoms with Crippen LogP contribution in [0.15, 0.2) is 52.4 Å². The first-order chi connectivity index (χ1) is 12.0. The van der Waals surface area contributed by atoms with Crippen molar-refractivity contribution in [3.05, 3.63) is 63.5 Å². The summed E-state index contributed by atoms with van der Waals surface area (Å²) < 4.78 is 11.2. The molecule has 25 heavy (non-hydrogen) atoms. The third kappa shape index (κ3) is 4.35. The number of carbonyl (C=O) groups excluding carboxylic acids is 1. The van der Waals surface area contributed by atoms with Crippen molar-refractivity contribution in [1.29, 1.82) is 0 Å². The van der Waals surface area contributed by atoms with Crippen LogP contribution >= 0.6 is 23.4 Å². The van der Waals surface area contributed by atoms with Crippen LogP contribution in [0.5, 0.6) is 11.5 Å². The molecule has 0 aliphatic carbocycles. The molecule has 7 heteroatoms. The first-order valence-electron chi connectivity index (χ1n) is 7.38. The highest BCUT2D eigenvalue weighted by atomic mass is 35.5. The van der Waals surface area contributed by atoms with E-state index < -0.39 is 0 Å². The van der Waals surface area contributed by atoms with E-state index in [0.717, 1.165) is 22.9 Å². The van der Waals surface area contributed by atoms with Gasteiger partial charge in [-0.2, -0.15) is 4.99 Å². The lowest BCUT2D eigenvalue weighted by Crippen LogP contribution is -2.01. The summed E-state index contributed by atoms with van der Waals surface area (Å²) in [6.07, 6.45) is 1.72. The van der Waals surface area contributed by atoms with E-state index in [0.29, 0.717) is 28.0 Å². The second-order valence-corrected chi connectivity index (χ2v) is 6.69. The Kier molecular flexibility index (Phi) is 5.31. The lowest BCUT2D eigenvalue weighted by Gasteiger charge is -2.11. The van der Waals surface area contributed by atoms with Gasteiger partial charge in [0.15, 0.2) is 16.7 Å². The Morgan fingerprint density at radius 2 is 2.08 bits per heavy atom. The summed E-state index contributed by atoms with van der Waals surface area (Å²) >= 11 is 7.12. The minimum Gasteiger partial charge on any atom is -0.493 e. The number of thioether (sulfide) groups is 1. The number of hydrogen-bond acceptors (Lipinski definition) is 5. The van der Waals surface area contributed by atoms with Crippen molar-refractivity contribution < 1.29 is 14.3 Å². The molecule has 3 rings (SSSR count). The molecular formula is C18H15ClN2O3S. The molecule has 0 saturated heterocycles. The Labute approximate surface area is 154 Å². The maximum atomic E-state index is 11.7. The van der Waals surface area contributed by atoms with Gasteiger partial charge in [-0.05, 0) is 53.2 Å². The number of benzene rings is 2. The summed E-state index contributed by atoms with van der Waals surface area (Å²) in [5.74, 6) is 0.842. The molecule has 0 atom stereocenters. The van der Waals surface area contributed by atoms with Crippen molar-refractivity contribution >= 4 is 40.5 Å². The minimum absolute atomic E-state index is 0.254. The smallest absolute Gasteiger partial charge is 0.286 e. The van der Waals surface area contributed by atoms with E-state index in [9.17, 15) is 4.79 Å². The summed E-state index contributed by atoms with van der Waals surface area (Å²) in [5, 5.41) is 0.917. The van der Waals surface area contributed by atoms with Gasteiger partial charge in [0.05, 0.1) is 12.0 Å². The number of hydrogen-bond donors (Lipinski definition) is 1. The SMILES string of the molecule is COc1cc(/C=C2/SC(N)=NC2=O)ccc1OCc1cccc(Cl)c1. The average Bonchev–Trinajstić information content (AvgIpc) is 2.91. The number of aliphatic imine (C=N–C) groups is 1. The number of rotatable bonds is 5. The molecular weight excluding hydrogens is 360 g/mol. The van der Waals surface area contributed by atoms with Gasteiger partial charge in [0.2, 0.25) is 0 Å². The number of nitrogens with two attached hydrogens (primary N) is 1. The first-order valence-corrected chi connectivity index (χ1v) is 8.58. The normalized spacial score (nSPS) is 15.4. The van der Waals surface area contributed by atoms with Crippen LogP contribution < -0.4 is 15.2 Å². The van der Waals surface area contributed by atoms with E-state index in [4.69, 9.17) is 26.8 Å². The van der Waals surface area contributed by atoms with Crippen molar-refractivity contribution in [2.75, 3.05) is 7.11 Å². The van der Waals surface area contributed by atoms with Gasteiger partial charge in [0.1, 0.15) is 6.61 Å². The number of nitrogens with zero attached hydrogens (tertiary/aromatic N) is 1. The fourth-order valence-electron chi connectivity index (χ4n) is 2.26. The molecule has 2 aromatic rings. The van der Waals surface area contributed by atoms with Crippen LogP contribution in [0.3, 0.4) is 0 Å². The molecule has 2 N–H and O–H groups in total. The van der Waals surface area contributed by atoms with Gasteiger partial charge in [-0.1, -0.05) is 29.8 Å². The molecule has 0 saturated carbocycles. The number of halogens is 1. The lowest BCUT2D eigenvalue weighted by atomic mass is 10.2. The third-order valence-corrected chi connectivity index (χ3v) is 4.45. The second-order valence-electron chi connectivity index (χ2n) is 5.19. The summed E-state index contributed by atoms with van der Waals surface area (Å²) in [4.78, 5) is 15.8. The number of methoxy groups -OCH3 is 1. The van der Waals surface area contributed by atoms with Crippen molar-refractivity contribution in [1.82, 2.24) is 0 Å². The van der Waals surface area contributed by atoms with E-state index in [-0.39, 0.29) is 11.1 Å². The van der Waals surface area contributed by atoms with Crippen LogP contribution in [0.4, 0.5) is 0 Å². The Bertz CT molecular complexity index is 880. The number of ether oxygens (including phenoxy) is 2. The van der Waals surface area contributed by atoms with Crippen LogP contribution in [-0.2, 0) is 11.4 Å². The van der Waals surface area contributed by atoms with Crippen LogP contribution in [0.1, 0.15) is 11.1 Å². The standard InChI is InChI=1S/C18H15ClN2O3S/c1-23-15-8-11(9-16-17(22)21-18(20)25-16)5-6-14(15)24-10-12-3-2-4-13(19)7-12/h2-9H,10H2,1H3,(H2,20,21,22)/b16-9+. The molecule has 2 aromatic carbocycles. The Hall–Kier alpha value is -2.44. The summed E-state index contributed by atoms with van der Waals surface area (Å²) in [6.45, 7) is 0.371. The van der Waals surface area contributed by atoms with Gasteiger partial charge in [-0.15, -0.1) is 0 Å². The molecule has 0 aromatic heterocycles. The third-order valence-electron chi connectivity index (χ3n) is 3.41. The van der Waals surface area contributed by atoms with E-state index >= 15 is 0 Å². The minimum atomic E-state index is -0.331. The molecule has 1 aliphatic rings. The Morgan fingerprint density at radius 3 is 2.76 bits per heavy atom. The Morgan fingerprint density at radius 1 is 1.24 bits per heavy atom. The quantitative estimate of drug-likeness (QED) is 0.804. The highest BCUT2D eigenvalue weighted by Gasteiger charge is 2.19. The predicted octanol–water partition coefficient (Wildman–Crippen LogP) is 3.86. The summed E-state index contributed by atoms with van der Waals surface area (Å²) in [5.41, 5.74) is 7.31. The van der Waals surface area contributed by atoms with Gasteiger partial charge in [0, 0.05) is 5.02 Å². The second kappa shape index (κ2) is 7.63. The zero-order chi connectivity index (χ0) is 17.8. The van der Waals surface area contributed by atoms with Gasteiger partial charge >= 0.3 is 0 Å². The molecule has 5 nitrogen and oxygen atoms in total. The monoisotopic (exact) mass is 374 g/mol. The fourth-order valence-corrected chi connectivity index (χ4v) is 3.15. The molecule has 128 valence electrons. The van der Waals surface area contributed by atoms with Gasteiger partial charge in [0.25, 0.3) is 5.91 Å². The number of amidine groups is 1. The van der Waals surface area contributed by atoms with Crippen LogP contribution in [0.2, 0.25) is 5.02 Å². The van der Waals surface area contributed by atoms with E-state index in [1.54, 1.807) is 25.3 Å². The molecule has 0 unspecified atom stereocenters. The molecule has 1 amide bonds. The van der Waals surface area contributed by atoms with Crippen molar-refractivity contribution in [2.24, 2.45) is 10.7 Å². The molecule has 0 bridgehead atoms. The van der Waals surface area contributed by atoms with Gasteiger partial charge in [-0.3, -0.25) is 4.79 Å². The molecule has 0 fully saturated rings. The van der Waals surface area contributed by atoms with Crippen molar-refractivity contribution in [3.63, 3.8) is 0 Å². The first kappa shape index (κ1) is 17.4. The molecule has 0 spiro atoms. The van der Waals surface area contributed by atoms with Crippen molar-refractivity contribution in [3.8, 4) is 11.5 Å². The zero-order valence-electron chi connectivity index (χ0n) is 13.4. The van der Waals surface area contributed by atoms with Gasteiger partial charge in [-0.25, -0.2) is 0 Å². The van der Waals surface area contributed by atoms with E-state index in [1.165, 1.54) is 0 Å². The molecule has 0 radical (unpaired) electrons. The summed E-state index contributed by atoms with van der Waals surface area (Å²) in [7, 11) is 1.56. The molecule has 1 heterocycles. The summed E-state index contributed by atoms with van der Waals surface area (Å²) in [6, 6.07) is 12.9. The van der Waals surface area contributed by atoms with Crippen LogP contribution in [0, 0.1) is 0 Å². The molecule has 1 aliphatic heterocycles. The number of amides is 1. The largest absolute Gasteiger partial charge is 0.493 e. The zero-order valence-corrected chi connectivity index (χ0v) is 14.9. The fraction of sp³-hybridized carbons (Fsp3) is 0.111. The maximum absolute atomic E-state index is 11.7. The van der Waals surface area contributed by atoms with Crippen molar-refractivity contribution in [2.45, 2.75) is 6.61 Å². The highest BCUT2D eigenvalue weighted by Crippen LogP contribution is 2.32. The average molecular weight is 375 g/mol. The van der Waals surface area contributed by atoms with Crippen LogP contribution in [0.25, 0.3) is 6.08 Å². The maximum Gasteiger partial charge on any atom is 0.286 e. The Balaban J connectivity index is 1.76. The van der Waals surface area contributed by atoms with Crippen LogP contribution in [-0.4, -0.2) is 18.2 Å². The van der Waals surface area contributed by atoms with E-state index in [1.807, 2.05) is 30.3 Å².